The number of hydrogen-bond donors (Lipinski definition) is 1. The van der Waals surface area contributed by atoms with Crippen LogP contribution in [0.15, 0.2) is 67.0 Å². The van der Waals surface area contributed by atoms with Crippen molar-refractivity contribution in [2.24, 2.45) is 0 Å². The van der Waals surface area contributed by atoms with Crippen LogP contribution in [0.1, 0.15) is 61.6 Å². The average Bonchev–Trinajstić information content (AvgIpc) is 3.40. The van der Waals surface area contributed by atoms with Crippen molar-refractivity contribution >= 4 is 34.6 Å². The molecule has 5 rings (SSSR count). The normalized spacial score (nSPS) is 22.3. The van der Waals surface area contributed by atoms with Crippen LogP contribution in [-0.4, -0.2) is 14.7 Å². The van der Waals surface area contributed by atoms with Gasteiger partial charge < -0.3 is 14.8 Å². The van der Waals surface area contributed by atoms with E-state index in [2.05, 4.69) is 44.2 Å². The molecule has 0 radical (unpaired) electrons. The zero-order valence-electron chi connectivity index (χ0n) is 16.7. The summed E-state index contributed by atoms with van der Waals surface area (Å²) in [5, 5.41) is 4.99. The fourth-order valence-electron chi connectivity index (χ4n) is 4.88. The lowest BCUT2D eigenvalue weighted by Crippen LogP contribution is -2.31. The molecule has 2 aliphatic rings. The fraction of sp³-hybridized carbons (Fsp3) is 0.333. The second-order valence-corrected chi connectivity index (χ2v) is 8.93. The summed E-state index contributed by atoms with van der Waals surface area (Å²) in [7, 11) is 0. The number of nitrogens with zero attached hydrogens (tertiary/aromatic N) is 3. The van der Waals surface area contributed by atoms with Crippen molar-refractivity contribution in [3.63, 3.8) is 0 Å². The fourth-order valence-corrected chi connectivity index (χ4v) is 5.36. The second-order valence-electron chi connectivity index (χ2n) is 8.11. The maximum atomic E-state index is 6.16. The molecule has 1 N–H and O–H groups in total. The minimum atomic E-state index is -0.0216. The number of halogens is 1. The number of thiocarbonyl (C=S) groups is 1. The lowest BCUT2D eigenvalue weighted by atomic mass is 9.94. The SMILES string of the molecule is S=C1N[C@H](c2ccccn2)[C@@H](c2cccn2C2CCCCC2)N1c1ccc(Cl)cc1. The van der Waals surface area contributed by atoms with Gasteiger partial charge in [-0.1, -0.05) is 36.9 Å². The van der Waals surface area contributed by atoms with E-state index in [1.165, 1.54) is 37.8 Å². The number of hydrogen-bond acceptors (Lipinski definition) is 2. The number of nitrogens with one attached hydrogen (secondary N) is 1. The van der Waals surface area contributed by atoms with Gasteiger partial charge in [-0.2, -0.15) is 0 Å². The molecule has 154 valence electrons. The predicted molar refractivity (Wildman–Crippen MR) is 126 cm³/mol. The topological polar surface area (TPSA) is 33.1 Å². The Balaban J connectivity index is 1.61. The molecule has 1 saturated heterocycles. The molecule has 2 aromatic heterocycles. The maximum absolute atomic E-state index is 6.16. The van der Waals surface area contributed by atoms with Crippen LogP contribution < -0.4 is 10.2 Å². The minimum absolute atomic E-state index is 0.0190. The first kappa shape index (κ1) is 19.6. The van der Waals surface area contributed by atoms with Crippen LogP contribution in [0.3, 0.4) is 0 Å². The molecule has 3 aromatic rings. The molecule has 3 heterocycles. The van der Waals surface area contributed by atoms with Gasteiger partial charge in [0, 0.05) is 34.8 Å². The van der Waals surface area contributed by atoms with Gasteiger partial charge in [-0.15, -0.1) is 0 Å². The van der Waals surface area contributed by atoms with Gasteiger partial charge in [0.15, 0.2) is 5.11 Å². The van der Waals surface area contributed by atoms with E-state index in [0.717, 1.165) is 21.5 Å². The zero-order valence-corrected chi connectivity index (χ0v) is 18.3. The number of rotatable bonds is 4. The van der Waals surface area contributed by atoms with Crippen molar-refractivity contribution in [3.05, 3.63) is 83.4 Å². The summed E-state index contributed by atoms with van der Waals surface area (Å²) < 4.78 is 2.48. The number of benzene rings is 1. The van der Waals surface area contributed by atoms with E-state index in [0.29, 0.717) is 6.04 Å². The highest BCUT2D eigenvalue weighted by Crippen LogP contribution is 2.43. The number of anilines is 1. The van der Waals surface area contributed by atoms with Crippen molar-refractivity contribution in [2.75, 3.05) is 4.90 Å². The summed E-state index contributed by atoms with van der Waals surface area (Å²) in [4.78, 5) is 6.88. The third-order valence-electron chi connectivity index (χ3n) is 6.29. The molecule has 1 saturated carbocycles. The molecule has 2 atom stereocenters. The van der Waals surface area contributed by atoms with E-state index in [1.807, 2.05) is 42.6 Å². The number of pyridine rings is 1. The number of aromatic nitrogens is 2. The molecular weight excluding hydrogens is 412 g/mol. The van der Waals surface area contributed by atoms with Gasteiger partial charge >= 0.3 is 0 Å². The van der Waals surface area contributed by atoms with Crippen molar-refractivity contribution < 1.29 is 0 Å². The largest absolute Gasteiger partial charge is 0.351 e. The first-order valence-electron chi connectivity index (χ1n) is 10.7. The van der Waals surface area contributed by atoms with Crippen molar-refractivity contribution in [1.82, 2.24) is 14.9 Å². The molecular formula is C24H25ClN4S. The molecule has 0 unspecified atom stereocenters. The van der Waals surface area contributed by atoms with Gasteiger partial charge in [-0.05, 0) is 73.6 Å². The predicted octanol–water partition coefficient (Wildman–Crippen LogP) is 6.22. The van der Waals surface area contributed by atoms with E-state index in [1.54, 1.807) is 0 Å². The Kier molecular flexibility index (Phi) is 5.48. The van der Waals surface area contributed by atoms with Crippen LogP contribution in [0.4, 0.5) is 5.69 Å². The van der Waals surface area contributed by atoms with Crippen LogP contribution in [0.25, 0.3) is 0 Å². The quantitative estimate of drug-likeness (QED) is 0.492. The molecule has 1 aliphatic carbocycles. The van der Waals surface area contributed by atoms with Crippen LogP contribution in [-0.2, 0) is 0 Å². The highest BCUT2D eigenvalue weighted by Gasteiger charge is 2.42. The van der Waals surface area contributed by atoms with E-state index >= 15 is 0 Å². The van der Waals surface area contributed by atoms with Crippen molar-refractivity contribution in [2.45, 2.75) is 50.2 Å². The zero-order chi connectivity index (χ0) is 20.5. The molecule has 1 aromatic carbocycles. The average molecular weight is 437 g/mol. The summed E-state index contributed by atoms with van der Waals surface area (Å²) in [5.41, 5.74) is 3.31. The first-order chi connectivity index (χ1) is 14.7. The van der Waals surface area contributed by atoms with Crippen LogP contribution in [0.2, 0.25) is 5.02 Å². The van der Waals surface area contributed by atoms with E-state index < -0.39 is 0 Å². The van der Waals surface area contributed by atoms with Gasteiger partial charge in [-0.3, -0.25) is 4.98 Å². The second kappa shape index (κ2) is 8.40. The van der Waals surface area contributed by atoms with Crippen LogP contribution in [0, 0.1) is 0 Å². The standard InChI is InChI=1S/C24H25ClN4S/c25-17-11-13-19(14-12-17)29-23(22(27-24(29)30)20-9-4-5-15-26-20)21-10-6-16-28(21)18-7-2-1-3-8-18/h4-6,9-16,18,22-23H,1-3,7-8H2,(H,27,30)/t22-,23-/m1/s1. The smallest absolute Gasteiger partial charge is 0.174 e. The van der Waals surface area contributed by atoms with Crippen molar-refractivity contribution in [1.29, 1.82) is 0 Å². The monoisotopic (exact) mass is 436 g/mol. The van der Waals surface area contributed by atoms with Crippen molar-refractivity contribution in [3.8, 4) is 0 Å². The van der Waals surface area contributed by atoms with E-state index in [-0.39, 0.29) is 12.1 Å². The summed E-state index contributed by atoms with van der Waals surface area (Å²) in [6.45, 7) is 0. The molecule has 4 nitrogen and oxygen atoms in total. The maximum Gasteiger partial charge on any atom is 0.174 e. The molecule has 0 spiro atoms. The van der Waals surface area contributed by atoms with E-state index in [9.17, 15) is 0 Å². The Labute approximate surface area is 187 Å². The summed E-state index contributed by atoms with van der Waals surface area (Å²) in [6.07, 6.45) is 10.5. The van der Waals surface area contributed by atoms with Crippen LogP contribution >= 0.6 is 23.8 Å². The summed E-state index contributed by atoms with van der Waals surface area (Å²) >= 11 is 12.0. The third kappa shape index (κ3) is 3.61. The molecule has 30 heavy (non-hydrogen) atoms. The first-order valence-corrected chi connectivity index (χ1v) is 11.4. The Morgan fingerprint density at radius 3 is 2.50 bits per heavy atom. The van der Waals surface area contributed by atoms with Gasteiger partial charge in [0.05, 0.1) is 11.7 Å². The minimum Gasteiger partial charge on any atom is -0.351 e. The van der Waals surface area contributed by atoms with Gasteiger partial charge in [0.2, 0.25) is 0 Å². The Morgan fingerprint density at radius 1 is 0.967 bits per heavy atom. The molecule has 1 aliphatic heterocycles. The van der Waals surface area contributed by atoms with E-state index in [4.69, 9.17) is 23.8 Å². The highest BCUT2D eigenvalue weighted by atomic mass is 35.5. The lowest BCUT2D eigenvalue weighted by Gasteiger charge is -2.32. The Hall–Kier alpha value is -2.37. The van der Waals surface area contributed by atoms with Gasteiger partial charge in [0.25, 0.3) is 0 Å². The highest BCUT2D eigenvalue weighted by molar-refractivity contribution is 7.80. The summed E-state index contributed by atoms with van der Waals surface area (Å²) in [5.74, 6) is 0. The summed E-state index contributed by atoms with van der Waals surface area (Å²) in [6, 6.07) is 18.9. The van der Waals surface area contributed by atoms with Crippen LogP contribution in [0.5, 0.6) is 0 Å². The Morgan fingerprint density at radius 2 is 1.77 bits per heavy atom. The third-order valence-corrected chi connectivity index (χ3v) is 6.85. The van der Waals surface area contributed by atoms with Gasteiger partial charge in [-0.25, -0.2) is 0 Å². The van der Waals surface area contributed by atoms with Gasteiger partial charge in [0.1, 0.15) is 6.04 Å². The molecule has 6 heteroatoms. The molecule has 0 bridgehead atoms. The molecule has 0 amide bonds. The lowest BCUT2D eigenvalue weighted by molar-refractivity contribution is 0.340. The molecule has 2 fully saturated rings. The Bertz CT molecular complexity index is 1010.